The van der Waals surface area contributed by atoms with Crippen molar-refractivity contribution in [3.05, 3.63) is 35.4 Å². The first-order valence-electron chi connectivity index (χ1n) is 7.12. The van der Waals surface area contributed by atoms with E-state index in [1.54, 1.807) is 24.3 Å². The summed E-state index contributed by atoms with van der Waals surface area (Å²) in [5.41, 5.74) is 1.20. The first-order chi connectivity index (χ1) is 9.79. The SMILES string of the molecule is CC(C)(C)CCNC(=O)NCCc1ccccc1C(=O)O. The quantitative estimate of drug-likeness (QED) is 0.754. The molecular formula is C16H24N2O3. The number of amides is 2. The predicted octanol–water partition coefficient (Wildman–Crippen LogP) is 2.66. The van der Waals surface area contributed by atoms with Crippen LogP contribution >= 0.6 is 0 Å². The molecule has 0 saturated carbocycles. The molecular weight excluding hydrogens is 268 g/mol. The molecule has 0 fully saturated rings. The molecule has 0 aliphatic carbocycles. The lowest BCUT2D eigenvalue weighted by atomic mass is 9.92. The third-order valence-corrected chi connectivity index (χ3v) is 3.09. The number of hydrogen-bond acceptors (Lipinski definition) is 2. The van der Waals surface area contributed by atoms with Crippen LogP contribution in [0, 0.1) is 5.41 Å². The van der Waals surface area contributed by atoms with Crippen LogP contribution < -0.4 is 10.6 Å². The van der Waals surface area contributed by atoms with Crippen LogP contribution in [-0.4, -0.2) is 30.2 Å². The van der Waals surface area contributed by atoms with Crippen LogP contribution in [0.4, 0.5) is 4.79 Å². The van der Waals surface area contributed by atoms with Gasteiger partial charge in [0.05, 0.1) is 5.56 Å². The molecule has 0 saturated heterocycles. The second kappa shape index (κ2) is 7.67. The Morgan fingerprint density at radius 3 is 2.33 bits per heavy atom. The molecule has 0 atom stereocenters. The first kappa shape index (κ1) is 17.0. The van der Waals surface area contributed by atoms with E-state index in [4.69, 9.17) is 5.11 Å². The summed E-state index contributed by atoms with van der Waals surface area (Å²) in [6, 6.07) is 6.61. The normalized spacial score (nSPS) is 11.0. The Bertz CT molecular complexity index is 493. The maximum atomic E-state index is 11.6. The third-order valence-electron chi connectivity index (χ3n) is 3.09. The van der Waals surface area contributed by atoms with Crippen molar-refractivity contribution in [3.63, 3.8) is 0 Å². The van der Waals surface area contributed by atoms with Crippen LogP contribution in [0.1, 0.15) is 43.1 Å². The van der Waals surface area contributed by atoms with E-state index in [2.05, 4.69) is 31.4 Å². The summed E-state index contributed by atoms with van der Waals surface area (Å²) in [7, 11) is 0. The van der Waals surface area contributed by atoms with Gasteiger partial charge in [0.15, 0.2) is 0 Å². The Morgan fingerprint density at radius 1 is 1.10 bits per heavy atom. The molecule has 1 rings (SSSR count). The Labute approximate surface area is 125 Å². The Kier molecular flexibility index (Phi) is 6.21. The van der Waals surface area contributed by atoms with Gasteiger partial charge in [0, 0.05) is 13.1 Å². The fourth-order valence-corrected chi connectivity index (χ4v) is 1.87. The van der Waals surface area contributed by atoms with E-state index < -0.39 is 5.97 Å². The molecule has 0 radical (unpaired) electrons. The Hall–Kier alpha value is -2.04. The molecule has 5 nitrogen and oxygen atoms in total. The Morgan fingerprint density at radius 2 is 1.71 bits per heavy atom. The number of urea groups is 1. The smallest absolute Gasteiger partial charge is 0.335 e. The summed E-state index contributed by atoms with van der Waals surface area (Å²) in [4.78, 5) is 22.7. The van der Waals surface area contributed by atoms with Gasteiger partial charge in [-0.05, 0) is 29.9 Å². The summed E-state index contributed by atoms with van der Waals surface area (Å²) in [5, 5.41) is 14.6. The molecule has 21 heavy (non-hydrogen) atoms. The average Bonchev–Trinajstić information content (AvgIpc) is 2.37. The maximum absolute atomic E-state index is 11.6. The van der Waals surface area contributed by atoms with Crippen LogP contribution in [-0.2, 0) is 6.42 Å². The fourth-order valence-electron chi connectivity index (χ4n) is 1.87. The summed E-state index contributed by atoms with van der Waals surface area (Å²) in [6.45, 7) is 7.40. The Balaban J connectivity index is 2.34. The van der Waals surface area contributed by atoms with Crippen molar-refractivity contribution in [2.45, 2.75) is 33.6 Å². The number of rotatable bonds is 6. The molecule has 0 spiro atoms. The zero-order valence-corrected chi connectivity index (χ0v) is 12.9. The van der Waals surface area contributed by atoms with Crippen LogP contribution in [0.2, 0.25) is 0 Å². The molecule has 0 heterocycles. The van der Waals surface area contributed by atoms with E-state index in [0.717, 1.165) is 12.0 Å². The number of hydrogen-bond donors (Lipinski definition) is 3. The van der Waals surface area contributed by atoms with E-state index in [9.17, 15) is 9.59 Å². The number of benzene rings is 1. The van der Waals surface area contributed by atoms with Gasteiger partial charge in [-0.15, -0.1) is 0 Å². The van der Waals surface area contributed by atoms with Gasteiger partial charge in [0.25, 0.3) is 0 Å². The van der Waals surface area contributed by atoms with Crippen molar-refractivity contribution in [2.24, 2.45) is 5.41 Å². The van der Waals surface area contributed by atoms with Crippen molar-refractivity contribution in [1.82, 2.24) is 10.6 Å². The lowest BCUT2D eigenvalue weighted by Crippen LogP contribution is -2.38. The van der Waals surface area contributed by atoms with Gasteiger partial charge in [-0.2, -0.15) is 0 Å². The van der Waals surface area contributed by atoms with Gasteiger partial charge in [0.1, 0.15) is 0 Å². The summed E-state index contributed by atoms with van der Waals surface area (Å²) in [6.07, 6.45) is 1.40. The van der Waals surface area contributed by atoms with Gasteiger partial charge in [-0.1, -0.05) is 39.0 Å². The zero-order valence-electron chi connectivity index (χ0n) is 12.9. The van der Waals surface area contributed by atoms with Crippen LogP contribution in [0.3, 0.4) is 0 Å². The lowest BCUT2D eigenvalue weighted by Gasteiger charge is -2.18. The molecule has 1 aromatic rings. The average molecular weight is 292 g/mol. The molecule has 3 N–H and O–H groups in total. The van der Waals surface area contributed by atoms with E-state index in [1.165, 1.54) is 0 Å². The largest absolute Gasteiger partial charge is 0.478 e. The highest BCUT2D eigenvalue weighted by Crippen LogP contribution is 2.16. The number of carboxylic acid groups (broad SMARTS) is 1. The van der Waals surface area contributed by atoms with Crippen LogP contribution in [0.5, 0.6) is 0 Å². The van der Waals surface area contributed by atoms with Gasteiger partial charge in [-0.25, -0.2) is 9.59 Å². The van der Waals surface area contributed by atoms with E-state index in [1.807, 2.05) is 0 Å². The van der Waals surface area contributed by atoms with Crippen molar-refractivity contribution in [3.8, 4) is 0 Å². The third kappa shape index (κ3) is 6.79. The maximum Gasteiger partial charge on any atom is 0.335 e. The predicted molar refractivity (Wildman–Crippen MR) is 82.6 cm³/mol. The lowest BCUT2D eigenvalue weighted by molar-refractivity contribution is 0.0695. The molecule has 5 heteroatoms. The second-order valence-electron chi connectivity index (χ2n) is 6.21. The zero-order chi connectivity index (χ0) is 15.9. The minimum atomic E-state index is -0.944. The first-order valence-corrected chi connectivity index (χ1v) is 7.12. The van der Waals surface area contributed by atoms with E-state index in [-0.39, 0.29) is 17.0 Å². The number of carboxylic acids is 1. The van der Waals surface area contributed by atoms with E-state index >= 15 is 0 Å². The molecule has 116 valence electrons. The molecule has 0 unspecified atom stereocenters. The molecule has 1 aromatic carbocycles. The highest BCUT2D eigenvalue weighted by atomic mass is 16.4. The fraction of sp³-hybridized carbons (Fsp3) is 0.500. The standard InChI is InChI=1S/C16H24N2O3/c1-16(2,3)9-11-18-15(21)17-10-8-12-6-4-5-7-13(12)14(19)20/h4-7H,8-11H2,1-3H3,(H,19,20)(H2,17,18,21). The van der Waals surface area contributed by atoms with Gasteiger partial charge < -0.3 is 15.7 Å². The topological polar surface area (TPSA) is 78.4 Å². The number of carbonyl (C=O) groups excluding carboxylic acids is 1. The van der Waals surface area contributed by atoms with Gasteiger partial charge in [-0.3, -0.25) is 0 Å². The van der Waals surface area contributed by atoms with E-state index in [0.29, 0.717) is 19.5 Å². The van der Waals surface area contributed by atoms with Crippen LogP contribution in [0.15, 0.2) is 24.3 Å². The van der Waals surface area contributed by atoms with Gasteiger partial charge in [0.2, 0.25) is 0 Å². The summed E-state index contributed by atoms with van der Waals surface area (Å²) >= 11 is 0. The molecule has 2 amide bonds. The highest BCUT2D eigenvalue weighted by molar-refractivity contribution is 5.89. The molecule has 0 aliphatic heterocycles. The highest BCUT2D eigenvalue weighted by Gasteiger charge is 2.11. The van der Waals surface area contributed by atoms with Crippen molar-refractivity contribution >= 4 is 12.0 Å². The van der Waals surface area contributed by atoms with Crippen LogP contribution in [0.25, 0.3) is 0 Å². The number of aromatic carboxylic acids is 1. The second-order valence-corrected chi connectivity index (χ2v) is 6.21. The molecule has 0 aromatic heterocycles. The van der Waals surface area contributed by atoms with Crippen molar-refractivity contribution in [1.29, 1.82) is 0 Å². The monoisotopic (exact) mass is 292 g/mol. The van der Waals surface area contributed by atoms with Crippen molar-refractivity contribution in [2.75, 3.05) is 13.1 Å². The van der Waals surface area contributed by atoms with Gasteiger partial charge >= 0.3 is 12.0 Å². The van der Waals surface area contributed by atoms with Crippen molar-refractivity contribution < 1.29 is 14.7 Å². The number of nitrogens with one attached hydrogen (secondary N) is 2. The minimum Gasteiger partial charge on any atom is -0.478 e. The molecule has 0 bridgehead atoms. The summed E-state index contributed by atoms with van der Waals surface area (Å²) in [5.74, 6) is -0.944. The number of carbonyl (C=O) groups is 2. The minimum absolute atomic E-state index is 0.188. The molecule has 0 aliphatic rings. The summed E-state index contributed by atoms with van der Waals surface area (Å²) < 4.78 is 0.